The molecule has 9 heteroatoms. The molecule has 0 aliphatic heterocycles. The number of aromatic nitrogens is 1. The normalized spacial score (nSPS) is 12.2. The standard InChI is InChI=1S/C30H23F3N4O2/c31-30(32,33)23-13-7-12-21-26(22(17-35-27(21)23)28(38)18-8-2-1-3-9-18)19-10-6-11-20(16-19)36-29(39)37-25-15-5-4-14-24(25)34/h1-17,28,38H,34H2,(H2,36,37,39). The Hall–Kier alpha value is -4.89. The maximum Gasteiger partial charge on any atom is 0.418 e. The zero-order valence-electron chi connectivity index (χ0n) is 20.4. The first kappa shape index (κ1) is 25.7. The average Bonchev–Trinajstić information content (AvgIpc) is 2.93. The summed E-state index contributed by atoms with van der Waals surface area (Å²) in [5.74, 6) is 0. The summed E-state index contributed by atoms with van der Waals surface area (Å²) in [6.45, 7) is 0. The fourth-order valence-corrected chi connectivity index (χ4v) is 4.46. The molecule has 5 aromatic rings. The zero-order valence-corrected chi connectivity index (χ0v) is 20.4. The minimum Gasteiger partial charge on any atom is -0.397 e. The van der Waals surface area contributed by atoms with Crippen LogP contribution < -0.4 is 16.4 Å². The van der Waals surface area contributed by atoms with Gasteiger partial charge in [0.05, 0.1) is 22.5 Å². The van der Waals surface area contributed by atoms with Crippen LogP contribution in [-0.2, 0) is 6.18 Å². The highest BCUT2D eigenvalue weighted by molar-refractivity contribution is 6.03. The monoisotopic (exact) mass is 528 g/mol. The van der Waals surface area contributed by atoms with Crippen LogP contribution in [0.2, 0.25) is 0 Å². The number of amides is 2. The van der Waals surface area contributed by atoms with Gasteiger partial charge < -0.3 is 21.5 Å². The molecule has 1 heterocycles. The Morgan fingerprint density at radius 2 is 1.59 bits per heavy atom. The number of nitrogens with one attached hydrogen (secondary N) is 2. The van der Waals surface area contributed by atoms with Crippen LogP contribution in [0.3, 0.4) is 0 Å². The van der Waals surface area contributed by atoms with Gasteiger partial charge in [-0.25, -0.2) is 4.79 Å². The highest BCUT2D eigenvalue weighted by atomic mass is 19.4. The van der Waals surface area contributed by atoms with Crippen LogP contribution in [0, 0.1) is 0 Å². The van der Waals surface area contributed by atoms with Gasteiger partial charge in [0.2, 0.25) is 0 Å². The Balaban J connectivity index is 1.61. The minimum atomic E-state index is -4.62. The van der Waals surface area contributed by atoms with Crippen molar-refractivity contribution in [1.29, 1.82) is 0 Å². The van der Waals surface area contributed by atoms with Crippen LogP contribution in [0.5, 0.6) is 0 Å². The lowest BCUT2D eigenvalue weighted by molar-refractivity contribution is -0.136. The molecule has 2 amide bonds. The molecule has 5 rings (SSSR count). The third kappa shape index (κ3) is 5.39. The molecule has 0 saturated carbocycles. The summed E-state index contributed by atoms with van der Waals surface area (Å²) >= 11 is 0. The summed E-state index contributed by atoms with van der Waals surface area (Å²) in [5.41, 5.74) is 7.74. The van der Waals surface area contributed by atoms with E-state index in [1.807, 2.05) is 0 Å². The first-order chi connectivity index (χ1) is 18.7. The second-order valence-electron chi connectivity index (χ2n) is 8.85. The van der Waals surface area contributed by atoms with Crippen molar-refractivity contribution in [3.05, 3.63) is 120 Å². The molecule has 0 aliphatic carbocycles. The molecule has 1 unspecified atom stereocenters. The summed E-state index contributed by atoms with van der Waals surface area (Å²) in [6, 6.07) is 25.5. The first-order valence-corrected chi connectivity index (χ1v) is 12.0. The SMILES string of the molecule is Nc1ccccc1NC(=O)Nc1cccc(-c2c(C(O)c3ccccc3)cnc3c(C(F)(F)F)cccc23)c1. The van der Waals surface area contributed by atoms with Gasteiger partial charge in [0, 0.05) is 22.8 Å². The molecular formula is C30H23F3N4O2. The highest BCUT2D eigenvalue weighted by Crippen LogP contribution is 2.41. The molecule has 0 fully saturated rings. The molecule has 196 valence electrons. The first-order valence-electron chi connectivity index (χ1n) is 12.0. The number of aliphatic hydroxyl groups is 1. The van der Waals surface area contributed by atoms with Gasteiger partial charge in [-0.1, -0.05) is 66.7 Å². The number of aliphatic hydroxyl groups excluding tert-OH is 1. The molecule has 0 aliphatic rings. The number of halogens is 3. The number of carbonyl (C=O) groups excluding carboxylic acids is 1. The van der Waals surface area contributed by atoms with E-state index in [1.54, 1.807) is 84.9 Å². The number of hydrogen-bond donors (Lipinski definition) is 4. The van der Waals surface area contributed by atoms with Gasteiger partial charge in [-0.15, -0.1) is 0 Å². The number of carbonyl (C=O) groups is 1. The van der Waals surface area contributed by atoms with Gasteiger partial charge in [-0.3, -0.25) is 4.98 Å². The van der Waals surface area contributed by atoms with Crippen molar-refractivity contribution in [1.82, 2.24) is 4.98 Å². The van der Waals surface area contributed by atoms with E-state index in [0.29, 0.717) is 39.3 Å². The van der Waals surface area contributed by atoms with Crippen molar-refractivity contribution in [3.8, 4) is 11.1 Å². The third-order valence-corrected chi connectivity index (χ3v) is 6.26. The molecule has 1 atom stereocenters. The predicted molar refractivity (Wildman–Crippen MR) is 146 cm³/mol. The van der Waals surface area contributed by atoms with Crippen LogP contribution >= 0.6 is 0 Å². The van der Waals surface area contributed by atoms with E-state index >= 15 is 0 Å². The van der Waals surface area contributed by atoms with Gasteiger partial charge in [0.25, 0.3) is 0 Å². The van der Waals surface area contributed by atoms with Crippen LogP contribution in [0.25, 0.3) is 22.0 Å². The number of pyridine rings is 1. The predicted octanol–water partition coefficient (Wildman–Crippen LogP) is 7.23. The van der Waals surface area contributed by atoms with E-state index < -0.39 is 23.9 Å². The fraction of sp³-hybridized carbons (Fsp3) is 0.0667. The van der Waals surface area contributed by atoms with Crippen molar-refractivity contribution in [2.75, 3.05) is 16.4 Å². The van der Waals surface area contributed by atoms with Gasteiger partial charge in [-0.05, 0) is 47.0 Å². The lowest BCUT2D eigenvalue weighted by Gasteiger charge is -2.20. The number of nitrogens with zero attached hydrogens (tertiary/aromatic N) is 1. The largest absolute Gasteiger partial charge is 0.418 e. The van der Waals surface area contributed by atoms with E-state index in [2.05, 4.69) is 15.6 Å². The van der Waals surface area contributed by atoms with Crippen LogP contribution in [0.4, 0.5) is 35.0 Å². The number of fused-ring (bicyclic) bond motifs is 1. The van der Waals surface area contributed by atoms with Crippen molar-refractivity contribution in [2.24, 2.45) is 0 Å². The lowest BCUT2D eigenvalue weighted by Crippen LogP contribution is -2.20. The number of nitrogens with two attached hydrogens (primary N) is 1. The number of anilines is 3. The lowest BCUT2D eigenvalue weighted by atomic mass is 9.90. The molecule has 5 N–H and O–H groups in total. The van der Waals surface area contributed by atoms with E-state index in [-0.39, 0.29) is 10.9 Å². The Kier molecular flexibility index (Phi) is 6.91. The average molecular weight is 529 g/mol. The summed E-state index contributed by atoms with van der Waals surface area (Å²) in [6.07, 6.45) is -4.51. The number of nitrogen functional groups attached to an aromatic ring is 1. The summed E-state index contributed by atoms with van der Waals surface area (Å²) in [7, 11) is 0. The molecule has 4 aromatic carbocycles. The Labute approximate surface area is 221 Å². The number of hydrogen-bond acceptors (Lipinski definition) is 4. The van der Waals surface area contributed by atoms with Gasteiger partial charge in [0.1, 0.15) is 6.10 Å². The molecular weight excluding hydrogens is 505 g/mol. The van der Waals surface area contributed by atoms with E-state index in [1.165, 1.54) is 12.3 Å². The number of rotatable bonds is 5. The maximum absolute atomic E-state index is 13.8. The van der Waals surface area contributed by atoms with Crippen molar-refractivity contribution >= 4 is 34.0 Å². The second kappa shape index (κ2) is 10.5. The molecule has 1 aromatic heterocycles. The Morgan fingerprint density at radius 1 is 0.872 bits per heavy atom. The van der Waals surface area contributed by atoms with Gasteiger partial charge in [-0.2, -0.15) is 13.2 Å². The smallest absolute Gasteiger partial charge is 0.397 e. The summed E-state index contributed by atoms with van der Waals surface area (Å²) < 4.78 is 41.5. The molecule has 0 saturated heterocycles. The molecule has 0 spiro atoms. The molecule has 39 heavy (non-hydrogen) atoms. The summed E-state index contributed by atoms with van der Waals surface area (Å²) in [4.78, 5) is 16.8. The maximum atomic E-state index is 13.8. The third-order valence-electron chi connectivity index (χ3n) is 6.26. The number of alkyl halides is 3. The molecule has 0 bridgehead atoms. The zero-order chi connectivity index (χ0) is 27.6. The molecule has 6 nitrogen and oxygen atoms in total. The van der Waals surface area contributed by atoms with Crippen LogP contribution in [0.15, 0.2) is 103 Å². The number of urea groups is 1. The fourth-order valence-electron chi connectivity index (χ4n) is 4.46. The van der Waals surface area contributed by atoms with Crippen molar-refractivity contribution in [2.45, 2.75) is 12.3 Å². The number of para-hydroxylation sites is 3. The van der Waals surface area contributed by atoms with Gasteiger partial charge >= 0.3 is 12.2 Å². The minimum absolute atomic E-state index is 0.218. The van der Waals surface area contributed by atoms with E-state index in [9.17, 15) is 23.1 Å². The van der Waals surface area contributed by atoms with Gasteiger partial charge in [0.15, 0.2) is 0 Å². The van der Waals surface area contributed by atoms with Crippen LogP contribution in [0.1, 0.15) is 22.8 Å². The molecule has 0 radical (unpaired) electrons. The summed E-state index contributed by atoms with van der Waals surface area (Å²) in [5, 5.41) is 16.9. The highest BCUT2D eigenvalue weighted by Gasteiger charge is 2.34. The second-order valence-corrected chi connectivity index (χ2v) is 8.85. The Morgan fingerprint density at radius 3 is 2.33 bits per heavy atom. The van der Waals surface area contributed by atoms with E-state index in [4.69, 9.17) is 5.73 Å². The number of benzene rings is 4. The Bertz CT molecular complexity index is 1660. The van der Waals surface area contributed by atoms with Crippen molar-refractivity contribution < 1.29 is 23.1 Å². The van der Waals surface area contributed by atoms with E-state index in [0.717, 1.165) is 6.07 Å². The van der Waals surface area contributed by atoms with Crippen molar-refractivity contribution in [3.63, 3.8) is 0 Å². The van der Waals surface area contributed by atoms with Crippen LogP contribution in [-0.4, -0.2) is 16.1 Å². The quantitative estimate of drug-likeness (QED) is 0.181. The topological polar surface area (TPSA) is 100 Å².